The molecule has 0 saturated carbocycles. The molecule has 1 aliphatic rings. The van der Waals surface area contributed by atoms with Crippen molar-refractivity contribution in [3.05, 3.63) is 30.3 Å². The third-order valence-electron chi connectivity index (χ3n) is 3.44. The number of hydrogen-bond donors (Lipinski definition) is 1. The molecule has 22 heavy (non-hydrogen) atoms. The molecule has 1 heterocycles. The summed E-state index contributed by atoms with van der Waals surface area (Å²) in [5.41, 5.74) is 0.638. The van der Waals surface area contributed by atoms with Gasteiger partial charge in [-0.25, -0.2) is 13.6 Å². The van der Waals surface area contributed by atoms with Crippen molar-refractivity contribution in [1.29, 1.82) is 0 Å². The largest absolute Gasteiger partial charge is 0.322 e. The lowest BCUT2D eigenvalue weighted by Gasteiger charge is -2.36. The highest BCUT2D eigenvalue weighted by Crippen LogP contribution is 2.24. The molecule has 122 valence electrons. The molecule has 0 spiro atoms. The van der Waals surface area contributed by atoms with Gasteiger partial charge < -0.3 is 10.2 Å². The van der Waals surface area contributed by atoms with Crippen molar-refractivity contribution in [3.8, 4) is 0 Å². The predicted octanol–water partition coefficient (Wildman–Crippen LogP) is 2.74. The molecule has 1 N–H and O–H groups in total. The van der Waals surface area contributed by atoms with Crippen LogP contribution in [0, 0.1) is 0 Å². The van der Waals surface area contributed by atoms with Crippen LogP contribution in [0.25, 0.3) is 0 Å². The SMILES string of the molecule is O=C(Nc1ccccc1)N1CCN(CC(F)(F)C(F)F)CC1. The van der Waals surface area contributed by atoms with Crippen LogP contribution in [-0.4, -0.2) is 60.9 Å². The second kappa shape index (κ2) is 6.95. The Morgan fingerprint density at radius 3 is 2.27 bits per heavy atom. The Balaban J connectivity index is 1.81. The highest BCUT2D eigenvalue weighted by Gasteiger charge is 2.42. The summed E-state index contributed by atoms with van der Waals surface area (Å²) in [6.45, 7) is -0.260. The van der Waals surface area contributed by atoms with E-state index in [0.29, 0.717) is 5.69 Å². The number of para-hydroxylation sites is 1. The first-order chi connectivity index (χ1) is 10.4. The van der Waals surface area contributed by atoms with Crippen LogP contribution in [0.2, 0.25) is 0 Å². The van der Waals surface area contributed by atoms with Gasteiger partial charge in [0, 0.05) is 31.9 Å². The van der Waals surface area contributed by atoms with Crippen LogP contribution in [-0.2, 0) is 0 Å². The van der Waals surface area contributed by atoms with Crippen LogP contribution in [0.3, 0.4) is 0 Å². The molecule has 1 saturated heterocycles. The number of hydrogen-bond acceptors (Lipinski definition) is 2. The summed E-state index contributed by atoms with van der Waals surface area (Å²) in [6.07, 6.45) is -3.67. The van der Waals surface area contributed by atoms with Gasteiger partial charge in [-0.15, -0.1) is 0 Å². The number of rotatable bonds is 4. The molecule has 1 aliphatic heterocycles. The maximum Gasteiger partial charge on any atom is 0.321 e. The molecule has 0 bridgehead atoms. The summed E-state index contributed by atoms with van der Waals surface area (Å²) in [5, 5.41) is 2.69. The Hall–Kier alpha value is -1.83. The number of nitrogens with zero attached hydrogens (tertiary/aromatic N) is 2. The average Bonchev–Trinajstić information content (AvgIpc) is 2.48. The molecule has 0 radical (unpaired) electrons. The molecule has 1 aromatic rings. The molecule has 4 nitrogen and oxygen atoms in total. The van der Waals surface area contributed by atoms with Gasteiger partial charge in [-0.05, 0) is 12.1 Å². The lowest BCUT2D eigenvalue weighted by molar-refractivity contribution is -0.144. The molecule has 1 fully saturated rings. The normalized spacial score (nSPS) is 16.9. The summed E-state index contributed by atoms with van der Waals surface area (Å²) in [6, 6.07) is 8.51. The first-order valence-corrected chi connectivity index (χ1v) is 6.88. The number of amides is 2. The van der Waals surface area contributed by atoms with Crippen LogP contribution < -0.4 is 5.32 Å². The van der Waals surface area contributed by atoms with Gasteiger partial charge in [0.15, 0.2) is 0 Å². The smallest absolute Gasteiger partial charge is 0.321 e. The van der Waals surface area contributed by atoms with E-state index in [9.17, 15) is 22.4 Å². The lowest BCUT2D eigenvalue weighted by atomic mass is 10.2. The van der Waals surface area contributed by atoms with E-state index in [4.69, 9.17) is 0 Å². The van der Waals surface area contributed by atoms with E-state index in [1.807, 2.05) is 6.07 Å². The minimum absolute atomic E-state index is 0.143. The highest BCUT2D eigenvalue weighted by atomic mass is 19.3. The van der Waals surface area contributed by atoms with Gasteiger partial charge in [-0.1, -0.05) is 18.2 Å². The van der Waals surface area contributed by atoms with Crippen LogP contribution in [0.1, 0.15) is 0 Å². The predicted molar refractivity (Wildman–Crippen MR) is 74.4 cm³/mol. The van der Waals surface area contributed by atoms with Gasteiger partial charge >= 0.3 is 18.4 Å². The quantitative estimate of drug-likeness (QED) is 0.866. The van der Waals surface area contributed by atoms with Crippen LogP contribution in [0.15, 0.2) is 30.3 Å². The number of carbonyl (C=O) groups is 1. The van der Waals surface area contributed by atoms with Crippen LogP contribution >= 0.6 is 0 Å². The number of anilines is 1. The van der Waals surface area contributed by atoms with E-state index in [0.717, 1.165) is 0 Å². The van der Waals surface area contributed by atoms with Gasteiger partial charge in [0.1, 0.15) is 0 Å². The molecule has 2 amide bonds. The number of nitrogens with one attached hydrogen (secondary N) is 1. The Morgan fingerprint density at radius 1 is 1.14 bits per heavy atom. The van der Waals surface area contributed by atoms with Crippen molar-refractivity contribution >= 4 is 11.7 Å². The zero-order chi connectivity index (χ0) is 16.2. The van der Waals surface area contributed by atoms with E-state index >= 15 is 0 Å². The molecular weight excluding hydrogens is 302 g/mol. The Labute approximate surface area is 125 Å². The summed E-state index contributed by atoms with van der Waals surface area (Å²) < 4.78 is 50.3. The monoisotopic (exact) mass is 319 g/mol. The van der Waals surface area contributed by atoms with Gasteiger partial charge in [-0.3, -0.25) is 4.90 Å². The number of urea groups is 1. The fourth-order valence-corrected chi connectivity index (χ4v) is 2.20. The molecule has 2 rings (SSSR count). The zero-order valence-corrected chi connectivity index (χ0v) is 11.8. The number of halogens is 4. The summed E-state index contributed by atoms with van der Waals surface area (Å²) in [7, 11) is 0. The summed E-state index contributed by atoms with van der Waals surface area (Å²) >= 11 is 0. The second-order valence-corrected chi connectivity index (χ2v) is 5.12. The fourth-order valence-electron chi connectivity index (χ4n) is 2.20. The Bertz CT molecular complexity index is 490. The fraction of sp³-hybridized carbons (Fsp3) is 0.500. The molecule has 0 aliphatic carbocycles. The lowest BCUT2D eigenvalue weighted by Crippen LogP contribution is -2.53. The minimum Gasteiger partial charge on any atom is -0.322 e. The molecule has 0 unspecified atom stereocenters. The highest BCUT2D eigenvalue weighted by molar-refractivity contribution is 5.89. The summed E-state index contributed by atoms with van der Waals surface area (Å²) in [4.78, 5) is 14.7. The van der Waals surface area contributed by atoms with E-state index in [2.05, 4.69) is 5.32 Å². The first kappa shape index (κ1) is 16.5. The van der Waals surface area contributed by atoms with E-state index in [-0.39, 0.29) is 32.2 Å². The maximum atomic E-state index is 13.0. The van der Waals surface area contributed by atoms with Gasteiger partial charge in [-0.2, -0.15) is 8.78 Å². The molecule has 8 heteroatoms. The topological polar surface area (TPSA) is 35.6 Å². The van der Waals surface area contributed by atoms with Crippen molar-refractivity contribution < 1.29 is 22.4 Å². The van der Waals surface area contributed by atoms with Crippen molar-refractivity contribution in [2.45, 2.75) is 12.3 Å². The van der Waals surface area contributed by atoms with Gasteiger partial charge in [0.25, 0.3) is 0 Å². The first-order valence-electron chi connectivity index (χ1n) is 6.88. The molecule has 0 aromatic heterocycles. The number of alkyl halides is 4. The van der Waals surface area contributed by atoms with E-state index < -0.39 is 18.9 Å². The van der Waals surface area contributed by atoms with E-state index in [1.165, 1.54) is 9.80 Å². The Kier molecular flexibility index (Phi) is 5.23. The van der Waals surface area contributed by atoms with Crippen molar-refractivity contribution in [2.24, 2.45) is 0 Å². The van der Waals surface area contributed by atoms with Crippen molar-refractivity contribution in [2.75, 3.05) is 38.0 Å². The average molecular weight is 319 g/mol. The Morgan fingerprint density at radius 2 is 1.73 bits per heavy atom. The number of benzene rings is 1. The van der Waals surface area contributed by atoms with Crippen LogP contribution in [0.4, 0.5) is 28.0 Å². The third kappa shape index (κ3) is 4.33. The van der Waals surface area contributed by atoms with Crippen molar-refractivity contribution in [3.63, 3.8) is 0 Å². The summed E-state index contributed by atoms with van der Waals surface area (Å²) in [5.74, 6) is -4.02. The number of piperazine rings is 1. The standard InChI is InChI=1S/C14H17F4N3O/c15-12(16)14(17,18)10-20-6-8-21(9-7-20)13(22)19-11-4-2-1-3-5-11/h1-5,12H,6-10H2,(H,19,22). The third-order valence-corrected chi connectivity index (χ3v) is 3.44. The van der Waals surface area contributed by atoms with Gasteiger partial charge in [0.05, 0.1) is 6.54 Å². The van der Waals surface area contributed by atoms with Crippen molar-refractivity contribution in [1.82, 2.24) is 9.80 Å². The second-order valence-electron chi connectivity index (χ2n) is 5.12. The minimum atomic E-state index is -4.02. The van der Waals surface area contributed by atoms with Gasteiger partial charge in [0.2, 0.25) is 0 Å². The van der Waals surface area contributed by atoms with Crippen LogP contribution in [0.5, 0.6) is 0 Å². The molecular formula is C14H17F4N3O. The van der Waals surface area contributed by atoms with E-state index in [1.54, 1.807) is 24.3 Å². The molecule has 1 aromatic carbocycles. The maximum absolute atomic E-state index is 13.0. The molecule has 0 atom stereocenters. The number of carbonyl (C=O) groups excluding carboxylic acids is 1. The zero-order valence-electron chi connectivity index (χ0n) is 11.8.